The highest BCUT2D eigenvalue weighted by Gasteiger charge is 2.15. The van der Waals surface area contributed by atoms with Gasteiger partial charge in [0.15, 0.2) is 5.78 Å². The topological polar surface area (TPSA) is 17.1 Å². The van der Waals surface area contributed by atoms with Gasteiger partial charge >= 0.3 is 0 Å². The second-order valence-corrected chi connectivity index (χ2v) is 6.41. The summed E-state index contributed by atoms with van der Waals surface area (Å²) in [7, 11) is 0. The van der Waals surface area contributed by atoms with Crippen LogP contribution in [0.3, 0.4) is 0 Å². The van der Waals surface area contributed by atoms with E-state index in [9.17, 15) is 4.79 Å². The van der Waals surface area contributed by atoms with E-state index in [4.69, 9.17) is 0 Å². The molecule has 0 aliphatic rings. The van der Waals surface area contributed by atoms with Crippen LogP contribution in [0, 0.1) is 19.8 Å². The fraction of sp³-hybridized carbons (Fsp3) is 0.571. The molecule has 0 spiro atoms. The second-order valence-electron chi connectivity index (χ2n) is 6.41. The SMILES string of the molecule is CCCC(CCC)/C(=C\C(=O)CC)Cc1ccc(C)c(C)c1. The number of aryl methyl sites for hydroxylation is 2. The van der Waals surface area contributed by atoms with E-state index >= 15 is 0 Å². The monoisotopic (exact) mass is 300 g/mol. The van der Waals surface area contributed by atoms with Crippen LogP contribution in [-0.4, -0.2) is 5.78 Å². The summed E-state index contributed by atoms with van der Waals surface area (Å²) in [6.45, 7) is 10.7. The first-order valence-electron chi connectivity index (χ1n) is 8.81. The molecule has 0 atom stereocenters. The molecule has 0 N–H and O–H groups in total. The smallest absolute Gasteiger partial charge is 0.155 e. The molecule has 1 aromatic rings. The molecule has 0 saturated carbocycles. The predicted molar refractivity (Wildman–Crippen MR) is 96.3 cm³/mol. The Balaban J connectivity index is 3.05. The molecule has 22 heavy (non-hydrogen) atoms. The Hall–Kier alpha value is -1.37. The molecule has 0 bridgehead atoms. The third kappa shape index (κ3) is 5.79. The van der Waals surface area contributed by atoms with Gasteiger partial charge in [0.1, 0.15) is 0 Å². The maximum absolute atomic E-state index is 12.0. The van der Waals surface area contributed by atoms with Crippen LogP contribution in [0.5, 0.6) is 0 Å². The van der Waals surface area contributed by atoms with E-state index in [1.165, 1.54) is 47.9 Å². The Kier molecular flexibility index (Phi) is 8.16. The summed E-state index contributed by atoms with van der Waals surface area (Å²) < 4.78 is 0. The molecule has 0 aliphatic heterocycles. The molecular weight excluding hydrogens is 268 g/mol. The van der Waals surface area contributed by atoms with Crippen molar-refractivity contribution < 1.29 is 4.79 Å². The first-order chi connectivity index (χ1) is 10.5. The van der Waals surface area contributed by atoms with Gasteiger partial charge in [-0.3, -0.25) is 4.79 Å². The van der Waals surface area contributed by atoms with Crippen molar-refractivity contribution in [1.29, 1.82) is 0 Å². The van der Waals surface area contributed by atoms with Crippen molar-refractivity contribution in [2.24, 2.45) is 5.92 Å². The van der Waals surface area contributed by atoms with Crippen LogP contribution in [0.25, 0.3) is 0 Å². The lowest BCUT2D eigenvalue weighted by molar-refractivity contribution is -0.114. The van der Waals surface area contributed by atoms with Crippen molar-refractivity contribution >= 4 is 5.78 Å². The van der Waals surface area contributed by atoms with Crippen molar-refractivity contribution in [2.45, 2.75) is 73.1 Å². The largest absolute Gasteiger partial charge is 0.295 e. The van der Waals surface area contributed by atoms with Crippen LogP contribution in [-0.2, 0) is 11.2 Å². The van der Waals surface area contributed by atoms with Gasteiger partial charge in [-0.05, 0) is 61.8 Å². The van der Waals surface area contributed by atoms with Crippen molar-refractivity contribution in [3.05, 3.63) is 46.5 Å². The van der Waals surface area contributed by atoms with Crippen molar-refractivity contribution in [1.82, 2.24) is 0 Å². The van der Waals surface area contributed by atoms with E-state index in [0.717, 1.165) is 6.42 Å². The zero-order valence-electron chi connectivity index (χ0n) is 15.0. The minimum Gasteiger partial charge on any atom is -0.295 e. The van der Waals surface area contributed by atoms with Gasteiger partial charge in [-0.2, -0.15) is 0 Å². The average Bonchev–Trinajstić information content (AvgIpc) is 2.50. The Morgan fingerprint density at radius 1 is 1.05 bits per heavy atom. The molecule has 0 aromatic heterocycles. The molecule has 0 fully saturated rings. The standard InChI is InChI=1S/C21H32O/c1-6-9-19(10-7-2)20(15-21(22)8-3)14-18-12-11-16(4)17(5)13-18/h11-13,15,19H,6-10,14H2,1-5H3/b20-15-. The number of rotatable bonds is 9. The summed E-state index contributed by atoms with van der Waals surface area (Å²) in [5.74, 6) is 0.808. The summed E-state index contributed by atoms with van der Waals surface area (Å²) in [6.07, 6.45) is 8.16. The fourth-order valence-electron chi connectivity index (χ4n) is 2.98. The highest BCUT2D eigenvalue weighted by atomic mass is 16.1. The number of hydrogen-bond donors (Lipinski definition) is 0. The summed E-state index contributed by atoms with van der Waals surface area (Å²) in [5.41, 5.74) is 5.33. The Bertz CT molecular complexity index is 505. The van der Waals surface area contributed by atoms with E-state index < -0.39 is 0 Å². The van der Waals surface area contributed by atoms with Gasteiger partial charge in [-0.15, -0.1) is 0 Å². The maximum Gasteiger partial charge on any atom is 0.155 e. The molecule has 0 heterocycles. The van der Waals surface area contributed by atoms with Gasteiger partial charge < -0.3 is 0 Å². The second kappa shape index (κ2) is 9.61. The molecule has 0 amide bonds. The number of carbonyl (C=O) groups excluding carboxylic acids is 1. The van der Waals surface area contributed by atoms with E-state index in [-0.39, 0.29) is 5.78 Å². The van der Waals surface area contributed by atoms with Gasteiger partial charge in [0.05, 0.1) is 0 Å². The van der Waals surface area contributed by atoms with E-state index in [0.29, 0.717) is 12.3 Å². The van der Waals surface area contributed by atoms with Gasteiger partial charge in [0.25, 0.3) is 0 Å². The first kappa shape index (κ1) is 18.7. The zero-order chi connectivity index (χ0) is 16.5. The normalized spacial score (nSPS) is 12.0. The first-order valence-corrected chi connectivity index (χ1v) is 8.81. The maximum atomic E-state index is 12.0. The number of hydrogen-bond acceptors (Lipinski definition) is 1. The third-order valence-electron chi connectivity index (χ3n) is 4.47. The lowest BCUT2D eigenvalue weighted by Crippen LogP contribution is -2.09. The summed E-state index contributed by atoms with van der Waals surface area (Å²) in [5, 5.41) is 0. The quantitative estimate of drug-likeness (QED) is 0.514. The zero-order valence-corrected chi connectivity index (χ0v) is 15.0. The number of allylic oxidation sites excluding steroid dienone is 2. The summed E-state index contributed by atoms with van der Waals surface area (Å²) in [4.78, 5) is 12.0. The van der Waals surface area contributed by atoms with Crippen molar-refractivity contribution in [3.63, 3.8) is 0 Å². The van der Waals surface area contributed by atoms with Crippen LogP contribution in [0.1, 0.15) is 69.6 Å². The number of benzene rings is 1. The lowest BCUT2D eigenvalue weighted by atomic mass is 9.85. The van der Waals surface area contributed by atoms with Crippen LogP contribution in [0.4, 0.5) is 0 Å². The van der Waals surface area contributed by atoms with Gasteiger partial charge in [-0.1, -0.05) is 57.4 Å². The Labute approximate surface area is 136 Å². The van der Waals surface area contributed by atoms with E-state index in [2.05, 4.69) is 45.9 Å². The fourth-order valence-corrected chi connectivity index (χ4v) is 2.98. The van der Waals surface area contributed by atoms with E-state index in [1.54, 1.807) is 0 Å². The third-order valence-corrected chi connectivity index (χ3v) is 4.47. The molecule has 122 valence electrons. The van der Waals surface area contributed by atoms with Crippen LogP contribution in [0.2, 0.25) is 0 Å². The minimum absolute atomic E-state index is 0.260. The molecule has 0 saturated heterocycles. The van der Waals surface area contributed by atoms with Crippen molar-refractivity contribution in [3.8, 4) is 0 Å². The highest BCUT2D eigenvalue weighted by molar-refractivity contribution is 5.90. The van der Waals surface area contributed by atoms with Gasteiger partial charge in [-0.25, -0.2) is 0 Å². The highest BCUT2D eigenvalue weighted by Crippen LogP contribution is 2.27. The minimum atomic E-state index is 0.260. The van der Waals surface area contributed by atoms with Gasteiger partial charge in [0.2, 0.25) is 0 Å². The summed E-state index contributed by atoms with van der Waals surface area (Å²) in [6, 6.07) is 6.68. The number of carbonyl (C=O) groups is 1. The molecule has 0 radical (unpaired) electrons. The van der Waals surface area contributed by atoms with Crippen molar-refractivity contribution in [2.75, 3.05) is 0 Å². The van der Waals surface area contributed by atoms with E-state index in [1.807, 2.05) is 13.0 Å². The lowest BCUT2D eigenvalue weighted by Gasteiger charge is -2.20. The molecule has 1 heteroatoms. The van der Waals surface area contributed by atoms with Crippen LogP contribution < -0.4 is 0 Å². The Morgan fingerprint density at radius 2 is 1.68 bits per heavy atom. The van der Waals surface area contributed by atoms with Crippen LogP contribution >= 0.6 is 0 Å². The molecule has 0 aliphatic carbocycles. The molecule has 0 unspecified atom stereocenters. The molecule has 1 rings (SSSR count). The average molecular weight is 300 g/mol. The number of ketones is 1. The summed E-state index contributed by atoms with van der Waals surface area (Å²) >= 11 is 0. The molecule has 1 aromatic carbocycles. The van der Waals surface area contributed by atoms with Gasteiger partial charge in [0, 0.05) is 6.42 Å². The molecular formula is C21H32O. The molecule has 1 nitrogen and oxygen atoms in total. The van der Waals surface area contributed by atoms with Crippen LogP contribution in [0.15, 0.2) is 29.8 Å². The Morgan fingerprint density at radius 3 is 2.18 bits per heavy atom. The predicted octanol–water partition coefficient (Wildman–Crippen LogP) is 5.97.